The van der Waals surface area contributed by atoms with Crippen molar-refractivity contribution in [2.24, 2.45) is 0 Å². The van der Waals surface area contributed by atoms with E-state index in [0.717, 1.165) is 42.6 Å². The van der Waals surface area contributed by atoms with E-state index in [0.29, 0.717) is 0 Å². The summed E-state index contributed by atoms with van der Waals surface area (Å²) in [7, 11) is 0. The van der Waals surface area contributed by atoms with Crippen molar-refractivity contribution in [3.63, 3.8) is 0 Å². The quantitative estimate of drug-likeness (QED) is 0.794. The number of aryl methyl sites for hydroxylation is 1. The van der Waals surface area contributed by atoms with Gasteiger partial charge < -0.3 is 5.32 Å². The van der Waals surface area contributed by atoms with Gasteiger partial charge in [-0.25, -0.2) is 8.78 Å². The van der Waals surface area contributed by atoms with E-state index in [-0.39, 0.29) is 10.0 Å². The first-order valence-electron chi connectivity index (χ1n) is 6.63. The lowest BCUT2D eigenvalue weighted by molar-refractivity contribution is 0.102. The molecule has 0 heterocycles. The van der Waals surface area contributed by atoms with Gasteiger partial charge in [0.2, 0.25) is 0 Å². The topological polar surface area (TPSA) is 29.1 Å². The van der Waals surface area contributed by atoms with Crippen LogP contribution in [0.3, 0.4) is 0 Å². The van der Waals surface area contributed by atoms with Gasteiger partial charge in [-0.15, -0.1) is 0 Å². The van der Waals surface area contributed by atoms with Crippen molar-refractivity contribution in [1.29, 1.82) is 0 Å². The molecule has 1 aliphatic carbocycles. The standard InChI is InChI=1S/C16H12BrF2NO/c17-12-8-14(19)13(18)7-11(12)16(21)20-15-6-2-4-9-3-1-5-10(9)15/h2,4,6-8H,1,3,5H2,(H,20,21). The second-order valence-corrected chi connectivity index (χ2v) is 5.85. The summed E-state index contributed by atoms with van der Waals surface area (Å²) in [6, 6.07) is 7.62. The highest BCUT2D eigenvalue weighted by molar-refractivity contribution is 9.10. The monoisotopic (exact) mass is 351 g/mol. The molecule has 21 heavy (non-hydrogen) atoms. The van der Waals surface area contributed by atoms with Gasteiger partial charge in [-0.2, -0.15) is 0 Å². The number of anilines is 1. The highest BCUT2D eigenvalue weighted by Crippen LogP contribution is 2.29. The molecule has 0 bridgehead atoms. The zero-order valence-electron chi connectivity index (χ0n) is 11.1. The highest BCUT2D eigenvalue weighted by Gasteiger charge is 2.18. The summed E-state index contributed by atoms with van der Waals surface area (Å²) in [6.07, 6.45) is 3.00. The molecule has 0 atom stereocenters. The van der Waals surface area contributed by atoms with Crippen molar-refractivity contribution in [2.45, 2.75) is 19.3 Å². The molecular formula is C16H12BrF2NO. The summed E-state index contributed by atoms with van der Waals surface area (Å²) >= 11 is 3.09. The number of benzene rings is 2. The molecular weight excluding hydrogens is 340 g/mol. The molecule has 5 heteroatoms. The predicted molar refractivity (Wildman–Crippen MR) is 80.5 cm³/mol. The van der Waals surface area contributed by atoms with Crippen LogP contribution in [0, 0.1) is 11.6 Å². The van der Waals surface area contributed by atoms with Crippen molar-refractivity contribution in [1.82, 2.24) is 0 Å². The Kier molecular flexibility index (Phi) is 3.76. The van der Waals surface area contributed by atoms with Gasteiger partial charge in [-0.05, 0) is 64.5 Å². The molecule has 0 spiro atoms. The van der Waals surface area contributed by atoms with Crippen LogP contribution < -0.4 is 5.32 Å². The van der Waals surface area contributed by atoms with E-state index in [4.69, 9.17) is 0 Å². The van der Waals surface area contributed by atoms with Gasteiger partial charge in [0.15, 0.2) is 11.6 Å². The van der Waals surface area contributed by atoms with Crippen molar-refractivity contribution in [3.8, 4) is 0 Å². The van der Waals surface area contributed by atoms with Gasteiger partial charge in [0.25, 0.3) is 5.91 Å². The van der Waals surface area contributed by atoms with Crippen LogP contribution in [-0.2, 0) is 12.8 Å². The van der Waals surface area contributed by atoms with E-state index >= 15 is 0 Å². The number of nitrogens with one attached hydrogen (secondary N) is 1. The number of carbonyl (C=O) groups is 1. The Hall–Kier alpha value is -1.75. The van der Waals surface area contributed by atoms with Gasteiger partial charge in [0.1, 0.15) is 0 Å². The van der Waals surface area contributed by atoms with E-state index in [2.05, 4.69) is 21.2 Å². The SMILES string of the molecule is O=C(Nc1cccc2c1CCC2)c1cc(F)c(F)cc1Br. The van der Waals surface area contributed by atoms with E-state index in [1.54, 1.807) is 0 Å². The normalized spacial score (nSPS) is 13.1. The molecule has 108 valence electrons. The Bertz CT molecular complexity index is 730. The number of rotatable bonds is 2. The first kappa shape index (κ1) is 14.2. The molecule has 0 radical (unpaired) electrons. The number of fused-ring (bicyclic) bond motifs is 1. The second-order valence-electron chi connectivity index (χ2n) is 5.00. The Morgan fingerprint density at radius 3 is 2.71 bits per heavy atom. The lowest BCUT2D eigenvalue weighted by Crippen LogP contribution is -2.14. The molecule has 0 unspecified atom stereocenters. The minimum Gasteiger partial charge on any atom is -0.322 e. The highest BCUT2D eigenvalue weighted by atomic mass is 79.9. The Morgan fingerprint density at radius 1 is 1.14 bits per heavy atom. The van der Waals surface area contributed by atoms with E-state index in [1.807, 2.05) is 18.2 Å². The average Bonchev–Trinajstić information content (AvgIpc) is 2.92. The Morgan fingerprint density at radius 2 is 1.90 bits per heavy atom. The van der Waals surface area contributed by atoms with Crippen molar-refractivity contribution < 1.29 is 13.6 Å². The van der Waals surface area contributed by atoms with Gasteiger partial charge in [0.05, 0.1) is 5.56 Å². The van der Waals surface area contributed by atoms with Gasteiger partial charge in [-0.1, -0.05) is 12.1 Å². The molecule has 2 aromatic carbocycles. The van der Waals surface area contributed by atoms with E-state index < -0.39 is 17.5 Å². The van der Waals surface area contributed by atoms with Crippen molar-refractivity contribution in [3.05, 3.63) is 63.1 Å². The fraction of sp³-hybridized carbons (Fsp3) is 0.188. The lowest BCUT2D eigenvalue weighted by atomic mass is 10.1. The number of carbonyl (C=O) groups excluding carboxylic acids is 1. The van der Waals surface area contributed by atoms with Gasteiger partial charge >= 0.3 is 0 Å². The third-order valence-electron chi connectivity index (χ3n) is 3.65. The van der Waals surface area contributed by atoms with Crippen LogP contribution in [0.25, 0.3) is 0 Å². The van der Waals surface area contributed by atoms with E-state index in [1.165, 1.54) is 5.56 Å². The van der Waals surface area contributed by atoms with Gasteiger partial charge in [0, 0.05) is 10.2 Å². The maximum atomic E-state index is 13.3. The van der Waals surface area contributed by atoms with Crippen LogP contribution in [0.15, 0.2) is 34.8 Å². The fourth-order valence-corrected chi connectivity index (χ4v) is 3.12. The zero-order chi connectivity index (χ0) is 15.0. The van der Waals surface area contributed by atoms with Crippen molar-refractivity contribution >= 4 is 27.5 Å². The molecule has 0 aliphatic heterocycles. The number of hydrogen-bond donors (Lipinski definition) is 1. The summed E-state index contributed by atoms with van der Waals surface area (Å²) in [5.74, 6) is -2.48. The maximum Gasteiger partial charge on any atom is 0.256 e. The molecule has 0 saturated heterocycles. The molecule has 0 saturated carbocycles. The summed E-state index contributed by atoms with van der Waals surface area (Å²) in [5.41, 5.74) is 3.18. The molecule has 2 aromatic rings. The molecule has 1 aliphatic rings. The first-order chi connectivity index (χ1) is 10.1. The van der Waals surface area contributed by atoms with E-state index in [9.17, 15) is 13.6 Å². The third-order valence-corrected chi connectivity index (χ3v) is 4.30. The molecule has 3 rings (SSSR count). The molecule has 1 N–H and O–H groups in total. The molecule has 0 fully saturated rings. The van der Waals surface area contributed by atoms with Crippen molar-refractivity contribution in [2.75, 3.05) is 5.32 Å². The smallest absolute Gasteiger partial charge is 0.256 e. The molecule has 0 aromatic heterocycles. The summed E-state index contributed by atoms with van der Waals surface area (Å²) < 4.78 is 26.6. The zero-order valence-corrected chi connectivity index (χ0v) is 12.6. The summed E-state index contributed by atoms with van der Waals surface area (Å²) in [4.78, 5) is 12.3. The summed E-state index contributed by atoms with van der Waals surface area (Å²) in [6.45, 7) is 0. The van der Waals surface area contributed by atoms with Crippen LogP contribution in [0.1, 0.15) is 27.9 Å². The predicted octanol–water partition coefficient (Wildman–Crippen LogP) is 4.47. The summed E-state index contributed by atoms with van der Waals surface area (Å²) in [5, 5.41) is 2.79. The van der Waals surface area contributed by atoms with Crippen LogP contribution in [0.2, 0.25) is 0 Å². The van der Waals surface area contributed by atoms with Crippen LogP contribution in [0.5, 0.6) is 0 Å². The van der Waals surface area contributed by atoms with Crippen LogP contribution in [-0.4, -0.2) is 5.91 Å². The average molecular weight is 352 g/mol. The molecule has 2 nitrogen and oxygen atoms in total. The maximum absolute atomic E-state index is 13.3. The molecule has 1 amide bonds. The Labute approximate surface area is 129 Å². The second kappa shape index (κ2) is 5.56. The minimum absolute atomic E-state index is 0.0736. The third kappa shape index (κ3) is 2.70. The fourth-order valence-electron chi connectivity index (χ4n) is 2.62. The van der Waals surface area contributed by atoms with Gasteiger partial charge in [-0.3, -0.25) is 4.79 Å². The Balaban J connectivity index is 1.91. The van der Waals surface area contributed by atoms with Crippen LogP contribution in [0.4, 0.5) is 14.5 Å². The minimum atomic E-state index is -1.04. The number of halogens is 3. The lowest BCUT2D eigenvalue weighted by Gasteiger charge is -2.11. The first-order valence-corrected chi connectivity index (χ1v) is 7.42. The van der Waals surface area contributed by atoms with Crippen LogP contribution >= 0.6 is 15.9 Å². The number of amides is 1. The number of hydrogen-bond acceptors (Lipinski definition) is 1. The largest absolute Gasteiger partial charge is 0.322 e.